The first-order chi connectivity index (χ1) is 11.5. The molecule has 24 heavy (non-hydrogen) atoms. The summed E-state index contributed by atoms with van der Waals surface area (Å²) < 4.78 is 27.4. The molecule has 4 rings (SSSR count). The van der Waals surface area contributed by atoms with Crippen molar-refractivity contribution in [1.29, 1.82) is 0 Å². The minimum absolute atomic E-state index is 0.106. The highest BCUT2D eigenvalue weighted by molar-refractivity contribution is 7.89. The van der Waals surface area contributed by atoms with Crippen LogP contribution < -0.4 is 5.32 Å². The minimum atomic E-state index is -3.55. The predicted molar refractivity (Wildman–Crippen MR) is 89.3 cm³/mol. The van der Waals surface area contributed by atoms with Crippen molar-refractivity contribution in [2.75, 3.05) is 26.2 Å². The number of fused-ring (bicyclic) bond motifs is 2. The Morgan fingerprint density at radius 3 is 2.62 bits per heavy atom. The number of carbonyl (C=O) groups is 1. The normalized spacial score (nSPS) is 28.2. The summed E-state index contributed by atoms with van der Waals surface area (Å²) in [6.07, 6.45) is 6.50. The number of nitrogens with zero attached hydrogens (tertiary/aromatic N) is 2. The average Bonchev–Trinajstić information content (AvgIpc) is 3.26. The summed E-state index contributed by atoms with van der Waals surface area (Å²) >= 11 is 0. The second kappa shape index (κ2) is 6.16. The number of aromatic nitrogens is 1. The Morgan fingerprint density at radius 2 is 1.83 bits per heavy atom. The lowest BCUT2D eigenvalue weighted by Gasteiger charge is -2.23. The summed E-state index contributed by atoms with van der Waals surface area (Å²) in [6, 6.07) is 2.18. The number of carbonyl (C=O) groups excluding carboxylic acids is 1. The molecule has 0 radical (unpaired) electrons. The maximum atomic E-state index is 12.9. The zero-order valence-corrected chi connectivity index (χ0v) is 14.5. The molecule has 0 spiro atoms. The number of rotatable bonds is 3. The highest BCUT2D eigenvalue weighted by Crippen LogP contribution is 2.25. The standard InChI is InChI=1S/C16H24N4O3S/c21-16(19-6-1-2-7-19)15-9-14(10-17-15)24(22,23)20-8-5-12-3-4-13(11-20)18-12/h9-10,12-13,17-18H,1-8,11H2. The summed E-state index contributed by atoms with van der Waals surface area (Å²) in [6.45, 7) is 2.55. The topological polar surface area (TPSA) is 85.5 Å². The molecule has 1 aromatic heterocycles. The lowest BCUT2D eigenvalue weighted by molar-refractivity contribution is 0.0787. The molecular formula is C16H24N4O3S. The molecule has 132 valence electrons. The van der Waals surface area contributed by atoms with Crippen molar-refractivity contribution < 1.29 is 13.2 Å². The molecule has 7 nitrogen and oxygen atoms in total. The molecule has 0 saturated carbocycles. The van der Waals surface area contributed by atoms with Crippen molar-refractivity contribution in [3.63, 3.8) is 0 Å². The minimum Gasteiger partial charge on any atom is -0.356 e. The Labute approximate surface area is 142 Å². The van der Waals surface area contributed by atoms with Crippen LogP contribution in [0.15, 0.2) is 17.2 Å². The van der Waals surface area contributed by atoms with Gasteiger partial charge in [0.15, 0.2) is 0 Å². The van der Waals surface area contributed by atoms with Crippen molar-refractivity contribution in [1.82, 2.24) is 19.5 Å². The first kappa shape index (κ1) is 16.1. The van der Waals surface area contributed by atoms with E-state index in [1.807, 2.05) is 0 Å². The van der Waals surface area contributed by atoms with E-state index in [0.717, 1.165) is 45.2 Å². The smallest absolute Gasteiger partial charge is 0.270 e. The van der Waals surface area contributed by atoms with Gasteiger partial charge in [-0.3, -0.25) is 4.79 Å². The zero-order valence-electron chi connectivity index (χ0n) is 13.7. The third kappa shape index (κ3) is 2.87. The fourth-order valence-corrected chi connectivity index (χ4v) is 5.51. The summed E-state index contributed by atoms with van der Waals surface area (Å²) in [5.41, 5.74) is 0.366. The molecule has 3 aliphatic rings. The maximum absolute atomic E-state index is 12.9. The molecular weight excluding hydrogens is 328 g/mol. The summed E-state index contributed by atoms with van der Waals surface area (Å²) in [4.78, 5) is 17.2. The summed E-state index contributed by atoms with van der Waals surface area (Å²) in [7, 11) is -3.55. The van der Waals surface area contributed by atoms with Gasteiger partial charge in [0, 0.05) is 44.5 Å². The highest BCUT2D eigenvalue weighted by atomic mass is 32.2. The lowest BCUT2D eigenvalue weighted by atomic mass is 10.1. The molecule has 8 heteroatoms. The number of aromatic amines is 1. The van der Waals surface area contributed by atoms with Gasteiger partial charge in [0.2, 0.25) is 10.0 Å². The van der Waals surface area contributed by atoms with E-state index >= 15 is 0 Å². The number of likely N-dealkylation sites (tertiary alicyclic amines) is 1. The Morgan fingerprint density at radius 1 is 1.08 bits per heavy atom. The second-order valence-corrected chi connectivity index (χ2v) is 8.98. The molecule has 4 heterocycles. The van der Waals surface area contributed by atoms with Crippen molar-refractivity contribution in [3.8, 4) is 0 Å². The zero-order chi connectivity index (χ0) is 16.7. The summed E-state index contributed by atoms with van der Waals surface area (Å²) in [5.74, 6) is -0.106. The number of hydrogen-bond acceptors (Lipinski definition) is 4. The van der Waals surface area contributed by atoms with Crippen LogP contribution in [0.3, 0.4) is 0 Å². The molecule has 3 aliphatic heterocycles. The largest absolute Gasteiger partial charge is 0.356 e. The van der Waals surface area contributed by atoms with E-state index in [1.165, 1.54) is 12.3 Å². The van der Waals surface area contributed by atoms with E-state index in [4.69, 9.17) is 0 Å². The number of nitrogens with one attached hydrogen (secondary N) is 2. The van der Waals surface area contributed by atoms with E-state index in [9.17, 15) is 13.2 Å². The fourth-order valence-electron chi connectivity index (χ4n) is 4.02. The molecule has 0 aromatic carbocycles. The average molecular weight is 352 g/mol. The Hall–Kier alpha value is -1.38. The van der Waals surface area contributed by atoms with Gasteiger partial charge in [-0.05, 0) is 38.2 Å². The molecule has 0 aliphatic carbocycles. The van der Waals surface area contributed by atoms with Gasteiger partial charge in [0.25, 0.3) is 5.91 Å². The van der Waals surface area contributed by atoms with Crippen molar-refractivity contribution in [2.24, 2.45) is 0 Å². The third-order valence-electron chi connectivity index (χ3n) is 5.40. The van der Waals surface area contributed by atoms with Crippen molar-refractivity contribution >= 4 is 15.9 Å². The second-order valence-electron chi connectivity index (χ2n) is 7.04. The molecule has 3 fully saturated rings. The van der Waals surface area contributed by atoms with Gasteiger partial charge in [0.1, 0.15) is 10.6 Å². The van der Waals surface area contributed by atoms with Crippen LogP contribution in [0.4, 0.5) is 0 Å². The molecule has 1 aromatic rings. The maximum Gasteiger partial charge on any atom is 0.270 e. The van der Waals surface area contributed by atoms with Gasteiger partial charge in [-0.2, -0.15) is 4.31 Å². The molecule has 2 atom stereocenters. The number of hydrogen-bond donors (Lipinski definition) is 2. The van der Waals surface area contributed by atoms with Crippen molar-refractivity contribution in [2.45, 2.75) is 49.1 Å². The van der Waals surface area contributed by atoms with Gasteiger partial charge in [-0.25, -0.2) is 8.42 Å². The van der Waals surface area contributed by atoms with E-state index in [0.29, 0.717) is 24.8 Å². The van der Waals surface area contributed by atoms with Gasteiger partial charge in [-0.1, -0.05) is 0 Å². The van der Waals surface area contributed by atoms with Crippen LogP contribution in [0.1, 0.15) is 42.6 Å². The quantitative estimate of drug-likeness (QED) is 0.841. The Bertz CT molecular complexity index is 723. The van der Waals surface area contributed by atoms with Crippen LogP contribution in [-0.4, -0.2) is 66.8 Å². The molecule has 2 unspecified atom stereocenters. The fraction of sp³-hybridized carbons (Fsp3) is 0.688. The van der Waals surface area contributed by atoms with Crippen LogP contribution in [0, 0.1) is 0 Å². The lowest BCUT2D eigenvalue weighted by Crippen LogP contribution is -2.38. The number of sulfonamides is 1. The van der Waals surface area contributed by atoms with E-state index < -0.39 is 10.0 Å². The van der Waals surface area contributed by atoms with Crippen LogP contribution >= 0.6 is 0 Å². The Kier molecular flexibility index (Phi) is 4.14. The first-order valence-corrected chi connectivity index (χ1v) is 10.2. The summed E-state index contributed by atoms with van der Waals surface area (Å²) in [5, 5.41) is 3.49. The number of amides is 1. The molecule has 1 amide bonds. The SMILES string of the molecule is O=C(c1cc(S(=O)(=O)N2CCC3CCC(C2)N3)c[nH]1)N1CCCC1. The van der Waals surface area contributed by atoms with Gasteiger partial charge < -0.3 is 15.2 Å². The molecule has 2 bridgehead atoms. The van der Waals surface area contributed by atoms with Crippen LogP contribution in [0.2, 0.25) is 0 Å². The Balaban J connectivity index is 1.53. The van der Waals surface area contributed by atoms with Crippen molar-refractivity contribution in [3.05, 3.63) is 18.0 Å². The molecule has 2 N–H and O–H groups in total. The third-order valence-corrected chi connectivity index (χ3v) is 7.25. The first-order valence-electron chi connectivity index (χ1n) is 8.78. The highest BCUT2D eigenvalue weighted by Gasteiger charge is 2.35. The van der Waals surface area contributed by atoms with Gasteiger partial charge in [0.05, 0.1) is 0 Å². The van der Waals surface area contributed by atoms with E-state index in [2.05, 4.69) is 10.3 Å². The van der Waals surface area contributed by atoms with E-state index in [1.54, 1.807) is 9.21 Å². The van der Waals surface area contributed by atoms with Gasteiger partial charge in [-0.15, -0.1) is 0 Å². The van der Waals surface area contributed by atoms with Crippen LogP contribution in [0.5, 0.6) is 0 Å². The number of H-pyrrole nitrogens is 1. The van der Waals surface area contributed by atoms with E-state index in [-0.39, 0.29) is 16.8 Å². The predicted octanol–water partition coefficient (Wildman–Crippen LogP) is 0.766. The van der Waals surface area contributed by atoms with Crippen LogP contribution in [-0.2, 0) is 10.0 Å². The van der Waals surface area contributed by atoms with Crippen LogP contribution in [0.25, 0.3) is 0 Å². The monoisotopic (exact) mass is 352 g/mol. The molecule has 3 saturated heterocycles. The van der Waals surface area contributed by atoms with Gasteiger partial charge >= 0.3 is 0 Å².